The van der Waals surface area contributed by atoms with Crippen LogP contribution in [-0.4, -0.2) is 28.5 Å². The molecule has 1 rings (SSSR count). The molecule has 0 aliphatic heterocycles. The molecule has 0 spiro atoms. The zero-order valence-corrected chi connectivity index (χ0v) is 10.5. The Bertz CT molecular complexity index is 269. The van der Waals surface area contributed by atoms with Crippen LogP contribution < -0.4 is 10.6 Å². The lowest BCUT2D eigenvalue weighted by molar-refractivity contribution is 0.918. The first kappa shape index (κ1) is 11.4. The molecule has 0 amide bonds. The molecule has 5 nitrogen and oxygen atoms in total. The largest absolute Gasteiger partial charge is 0.357 e. The average Bonchev–Trinajstić information content (AvgIpc) is 2.25. The van der Waals surface area contributed by atoms with Gasteiger partial charge in [-0.3, -0.25) is 0 Å². The third kappa shape index (κ3) is 3.24. The summed E-state index contributed by atoms with van der Waals surface area (Å²) in [5, 5.41) is 6.05. The van der Waals surface area contributed by atoms with E-state index in [0.29, 0.717) is 11.9 Å². The van der Waals surface area contributed by atoms with E-state index in [2.05, 4.69) is 55.1 Å². The van der Waals surface area contributed by atoms with Gasteiger partial charge in [0.1, 0.15) is 5.82 Å². The molecule has 6 heteroatoms. The number of aromatic nitrogens is 3. The van der Waals surface area contributed by atoms with Crippen molar-refractivity contribution in [2.24, 2.45) is 0 Å². The van der Waals surface area contributed by atoms with E-state index in [0.717, 1.165) is 23.2 Å². The van der Waals surface area contributed by atoms with Crippen molar-refractivity contribution in [2.75, 3.05) is 24.2 Å². The third-order valence-electron chi connectivity index (χ3n) is 1.56. The molecule has 0 radical (unpaired) electrons. The molecular weight excluding hydrogens is 293 g/mol. The monoisotopic (exact) mass is 307 g/mol. The van der Waals surface area contributed by atoms with Crippen LogP contribution in [0.4, 0.5) is 11.9 Å². The maximum Gasteiger partial charge on any atom is 0.227 e. The van der Waals surface area contributed by atoms with Crippen molar-refractivity contribution in [3.8, 4) is 0 Å². The Morgan fingerprint density at radius 3 is 2.50 bits per heavy atom. The van der Waals surface area contributed by atoms with Gasteiger partial charge in [-0.15, -0.1) is 0 Å². The van der Waals surface area contributed by atoms with Crippen molar-refractivity contribution in [1.82, 2.24) is 15.0 Å². The summed E-state index contributed by atoms with van der Waals surface area (Å²) in [6.07, 6.45) is 1.06. The Balaban J connectivity index is 2.81. The van der Waals surface area contributed by atoms with Crippen LogP contribution >= 0.6 is 22.6 Å². The van der Waals surface area contributed by atoms with E-state index in [4.69, 9.17) is 0 Å². The predicted molar refractivity (Wildman–Crippen MR) is 65.9 cm³/mol. The maximum atomic E-state index is 4.26. The Morgan fingerprint density at radius 1 is 1.21 bits per heavy atom. The molecule has 0 aliphatic carbocycles. The molecule has 0 atom stereocenters. The first-order chi connectivity index (χ1) is 6.80. The maximum absolute atomic E-state index is 4.26. The van der Waals surface area contributed by atoms with Gasteiger partial charge in [0, 0.05) is 13.6 Å². The highest BCUT2D eigenvalue weighted by Gasteiger charge is 2.02. The zero-order valence-electron chi connectivity index (χ0n) is 8.34. The number of nitrogens with zero attached hydrogens (tertiary/aromatic N) is 3. The molecule has 1 aromatic heterocycles. The normalized spacial score (nSPS) is 9.93. The Morgan fingerprint density at radius 2 is 1.93 bits per heavy atom. The Kier molecular flexibility index (Phi) is 4.85. The van der Waals surface area contributed by atoms with E-state index in [9.17, 15) is 0 Å². The second kappa shape index (κ2) is 5.94. The van der Waals surface area contributed by atoms with E-state index in [1.54, 1.807) is 7.05 Å². The number of halogens is 1. The van der Waals surface area contributed by atoms with E-state index < -0.39 is 0 Å². The highest BCUT2D eigenvalue weighted by molar-refractivity contribution is 14.1. The average molecular weight is 307 g/mol. The van der Waals surface area contributed by atoms with Crippen LogP contribution in [-0.2, 0) is 4.43 Å². The summed E-state index contributed by atoms with van der Waals surface area (Å²) in [5.41, 5.74) is 0. The number of rotatable bonds is 5. The molecule has 0 unspecified atom stereocenters. The first-order valence-corrected chi connectivity index (χ1v) is 6.05. The minimum absolute atomic E-state index is 0.616. The van der Waals surface area contributed by atoms with E-state index in [1.807, 2.05) is 0 Å². The Hall–Kier alpha value is -0.660. The number of alkyl halides is 1. The molecule has 0 fully saturated rings. The first-order valence-electron chi connectivity index (χ1n) is 4.52. The summed E-state index contributed by atoms with van der Waals surface area (Å²) in [7, 11) is 1.80. The van der Waals surface area contributed by atoms with Gasteiger partial charge in [0.2, 0.25) is 11.9 Å². The number of anilines is 2. The molecule has 14 heavy (non-hydrogen) atoms. The second-order valence-electron chi connectivity index (χ2n) is 2.71. The van der Waals surface area contributed by atoms with E-state index >= 15 is 0 Å². The van der Waals surface area contributed by atoms with Crippen molar-refractivity contribution in [2.45, 2.75) is 17.8 Å². The van der Waals surface area contributed by atoms with Gasteiger partial charge in [0.15, 0.2) is 0 Å². The van der Waals surface area contributed by atoms with Crippen molar-refractivity contribution in [1.29, 1.82) is 0 Å². The summed E-state index contributed by atoms with van der Waals surface area (Å²) in [4.78, 5) is 12.6. The lowest BCUT2D eigenvalue weighted by atomic mass is 10.5. The summed E-state index contributed by atoms with van der Waals surface area (Å²) in [6, 6.07) is 0. The van der Waals surface area contributed by atoms with Gasteiger partial charge in [0.25, 0.3) is 0 Å². The molecule has 0 bridgehead atoms. The fourth-order valence-corrected chi connectivity index (χ4v) is 1.25. The van der Waals surface area contributed by atoms with Crippen LogP contribution in [0.5, 0.6) is 0 Å². The number of nitrogens with one attached hydrogen (secondary N) is 2. The molecule has 0 saturated carbocycles. The third-order valence-corrected chi connectivity index (χ3v) is 2.24. The summed E-state index contributed by atoms with van der Waals surface area (Å²) in [6.45, 7) is 2.99. The standard InChI is InChI=1S/C8H14IN5/c1-3-4-11-8-13-6(5-9)12-7(10-2)14-8/h3-5H2,1-2H3,(H2,10,11,12,13,14). The van der Waals surface area contributed by atoms with Crippen LogP contribution in [0.2, 0.25) is 0 Å². The lowest BCUT2D eigenvalue weighted by Crippen LogP contribution is -2.09. The molecule has 1 heterocycles. The SMILES string of the molecule is CCCNc1nc(CI)nc(NC)n1. The molecule has 0 aliphatic rings. The lowest BCUT2D eigenvalue weighted by Gasteiger charge is -2.06. The summed E-state index contributed by atoms with van der Waals surface area (Å²) >= 11 is 2.23. The molecule has 1 aromatic rings. The number of hydrogen-bond donors (Lipinski definition) is 2. The smallest absolute Gasteiger partial charge is 0.227 e. The van der Waals surface area contributed by atoms with E-state index in [-0.39, 0.29) is 0 Å². The molecule has 0 saturated heterocycles. The summed E-state index contributed by atoms with van der Waals surface area (Å²) < 4.78 is 0.787. The van der Waals surface area contributed by atoms with Crippen LogP contribution in [0.25, 0.3) is 0 Å². The van der Waals surface area contributed by atoms with Crippen LogP contribution in [0, 0.1) is 0 Å². The Labute approximate surface area is 97.3 Å². The van der Waals surface area contributed by atoms with E-state index in [1.165, 1.54) is 0 Å². The van der Waals surface area contributed by atoms with Crippen LogP contribution in [0.15, 0.2) is 0 Å². The van der Waals surface area contributed by atoms with Crippen LogP contribution in [0.3, 0.4) is 0 Å². The minimum atomic E-state index is 0.616. The van der Waals surface area contributed by atoms with Crippen molar-refractivity contribution in [3.05, 3.63) is 5.82 Å². The number of hydrogen-bond acceptors (Lipinski definition) is 5. The molecule has 2 N–H and O–H groups in total. The highest BCUT2D eigenvalue weighted by atomic mass is 127. The van der Waals surface area contributed by atoms with Gasteiger partial charge in [-0.25, -0.2) is 0 Å². The van der Waals surface area contributed by atoms with Gasteiger partial charge in [-0.05, 0) is 6.42 Å². The fraction of sp³-hybridized carbons (Fsp3) is 0.625. The second-order valence-corrected chi connectivity index (χ2v) is 3.47. The molecular formula is C8H14IN5. The minimum Gasteiger partial charge on any atom is -0.357 e. The van der Waals surface area contributed by atoms with Gasteiger partial charge < -0.3 is 10.6 Å². The van der Waals surface area contributed by atoms with Crippen molar-refractivity contribution >= 4 is 34.5 Å². The van der Waals surface area contributed by atoms with Gasteiger partial charge >= 0.3 is 0 Å². The van der Waals surface area contributed by atoms with Crippen molar-refractivity contribution < 1.29 is 0 Å². The fourth-order valence-electron chi connectivity index (χ4n) is 0.907. The van der Waals surface area contributed by atoms with Gasteiger partial charge in [0.05, 0.1) is 4.43 Å². The molecule has 0 aromatic carbocycles. The predicted octanol–water partition coefficient (Wildman–Crippen LogP) is 1.67. The topological polar surface area (TPSA) is 62.7 Å². The van der Waals surface area contributed by atoms with Gasteiger partial charge in [-0.2, -0.15) is 15.0 Å². The van der Waals surface area contributed by atoms with Crippen molar-refractivity contribution in [3.63, 3.8) is 0 Å². The zero-order chi connectivity index (χ0) is 10.4. The summed E-state index contributed by atoms with van der Waals surface area (Å²) in [5.74, 6) is 2.06. The van der Waals surface area contributed by atoms with Gasteiger partial charge in [-0.1, -0.05) is 29.5 Å². The van der Waals surface area contributed by atoms with Crippen LogP contribution in [0.1, 0.15) is 19.2 Å². The highest BCUT2D eigenvalue weighted by Crippen LogP contribution is 2.07. The molecule has 78 valence electrons. The quantitative estimate of drug-likeness (QED) is 0.640.